The van der Waals surface area contributed by atoms with Crippen LogP contribution in [0.2, 0.25) is 0 Å². The van der Waals surface area contributed by atoms with E-state index in [1.165, 1.54) is 6.08 Å². The highest BCUT2D eigenvalue weighted by Crippen LogP contribution is 1.95. The molecule has 1 aromatic heterocycles. The lowest BCUT2D eigenvalue weighted by atomic mass is 10.3. The van der Waals surface area contributed by atoms with Crippen molar-refractivity contribution in [1.82, 2.24) is 9.78 Å². The molecule has 0 spiro atoms. The lowest BCUT2D eigenvalue weighted by molar-refractivity contribution is 0.104. The van der Waals surface area contributed by atoms with Gasteiger partial charge in [0.1, 0.15) is 5.69 Å². The van der Waals surface area contributed by atoms with Gasteiger partial charge in [-0.3, -0.25) is 9.48 Å². The van der Waals surface area contributed by atoms with Gasteiger partial charge in [-0.05, 0) is 12.1 Å². The van der Waals surface area contributed by atoms with Crippen molar-refractivity contribution in [1.29, 1.82) is 0 Å². The lowest BCUT2D eigenvalue weighted by Crippen LogP contribution is -1.96. The van der Waals surface area contributed by atoms with E-state index in [4.69, 9.17) is 0 Å². The van der Waals surface area contributed by atoms with Gasteiger partial charge in [0.15, 0.2) is 0 Å². The van der Waals surface area contributed by atoms with Crippen LogP contribution in [0, 0.1) is 0 Å². The molecular formula is C7H8N2O. The summed E-state index contributed by atoms with van der Waals surface area (Å²) in [6.45, 7) is 3.35. The van der Waals surface area contributed by atoms with Crippen LogP contribution >= 0.6 is 0 Å². The summed E-state index contributed by atoms with van der Waals surface area (Å²) in [6, 6.07) is 1.66. The predicted molar refractivity (Wildman–Crippen MR) is 37.7 cm³/mol. The van der Waals surface area contributed by atoms with Crippen LogP contribution in [-0.4, -0.2) is 15.6 Å². The number of aromatic nitrogens is 2. The van der Waals surface area contributed by atoms with Gasteiger partial charge in [-0.25, -0.2) is 0 Å². The Morgan fingerprint density at radius 3 is 3.00 bits per heavy atom. The van der Waals surface area contributed by atoms with Crippen molar-refractivity contribution in [3.8, 4) is 0 Å². The van der Waals surface area contributed by atoms with Crippen LogP contribution in [0.1, 0.15) is 10.5 Å². The standard InChI is InChI=1S/C7H8N2O/c1-3-7(10)6-4-5-9(2)8-6/h3-5H,1H2,2H3. The van der Waals surface area contributed by atoms with E-state index in [1.807, 2.05) is 0 Å². The molecule has 0 aromatic carbocycles. The van der Waals surface area contributed by atoms with Crippen LogP contribution in [0.3, 0.4) is 0 Å². The summed E-state index contributed by atoms with van der Waals surface area (Å²) in [4.78, 5) is 10.8. The number of nitrogens with zero attached hydrogens (tertiary/aromatic N) is 2. The summed E-state index contributed by atoms with van der Waals surface area (Å²) in [7, 11) is 1.76. The number of ketones is 1. The van der Waals surface area contributed by atoms with Crippen molar-refractivity contribution in [3.63, 3.8) is 0 Å². The molecule has 0 saturated heterocycles. The number of hydrogen-bond acceptors (Lipinski definition) is 2. The number of carbonyl (C=O) groups is 1. The highest BCUT2D eigenvalue weighted by Gasteiger charge is 2.01. The normalized spacial score (nSPS) is 9.30. The molecule has 0 bridgehead atoms. The van der Waals surface area contributed by atoms with Crippen molar-refractivity contribution in [2.45, 2.75) is 0 Å². The smallest absolute Gasteiger partial charge is 0.205 e. The van der Waals surface area contributed by atoms with Crippen molar-refractivity contribution >= 4 is 5.78 Å². The van der Waals surface area contributed by atoms with Crippen molar-refractivity contribution in [3.05, 3.63) is 30.6 Å². The number of carbonyl (C=O) groups excluding carboxylic acids is 1. The minimum absolute atomic E-state index is 0.138. The second kappa shape index (κ2) is 2.47. The predicted octanol–water partition coefficient (Wildman–Crippen LogP) is 0.789. The molecule has 1 heterocycles. The van der Waals surface area contributed by atoms with Crippen molar-refractivity contribution in [2.24, 2.45) is 7.05 Å². The number of rotatable bonds is 2. The first-order chi connectivity index (χ1) is 4.74. The zero-order chi connectivity index (χ0) is 7.56. The van der Waals surface area contributed by atoms with E-state index in [0.29, 0.717) is 5.69 Å². The van der Waals surface area contributed by atoms with Gasteiger partial charge in [0.25, 0.3) is 0 Å². The lowest BCUT2D eigenvalue weighted by Gasteiger charge is -1.84. The molecule has 1 aromatic rings. The van der Waals surface area contributed by atoms with Crippen LogP contribution < -0.4 is 0 Å². The summed E-state index contributed by atoms with van der Waals surface area (Å²) in [6.07, 6.45) is 2.97. The monoisotopic (exact) mass is 136 g/mol. The van der Waals surface area contributed by atoms with Gasteiger partial charge < -0.3 is 0 Å². The molecule has 1 rings (SSSR count). The van der Waals surface area contributed by atoms with E-state index in [-0.39, 0.29) is 5.78 Å². The number of hydrogen-bond donors (Lipinski definition) is 0. The van der Waals surface area contributed by atoms with E-state index < -0.39 is 0 Å². The Bertz CT molecular complexity index is 262. The second-order valence-corrected chi connectivity index (χ2v) is 1.94. The average molecular weight is 136 g/mol. The van der Waals surface area contributed by atoms with Crippen LogP contribution in [0.25, 0.3) is 0 Å². The highest BCUT2D eigenvalue weighted by atomic mass is 16.1. The summed E-state index contributed by atoms with van der Waals surface area (Å²) in [5.41, 5.74) is 0.442. The minimum atomic E-state index is -0.138. The van der Waals surface area contributed by atoms with Crippen LogP contribution in [0.5, 0.6) is 0 Å². The van der Waals surface area contributed by atoms with E-state index >= 15 is 0 Å². The summed E-state index contributed by atoms with van der Waals surface area (Å²) in [5.74, 6) is -0.138. The molecule has 0 atom stereocenters. The molecule has 0 fully saturated rings. The molecule has 0 amide bonds. The van der Waals surface area contributed by atoms with Gasteiger partial charge in [-0.15, -0.1) is 0 Å². The van der Waals surface area contributed by atoms with E-state index in [2.05, 4.69) is 11.7 Å². The zero-order valence-electron chi connectivity index (χ0n) is 5.74. The molecule has 0 aliphatic rings. The first kappa shape index (κ1) is 6.74. The quantitative estimate of drug-likeness (QED) is 0.445. The maximum absolute atomic E-state index is 10.8. The van der Waals surface area contributed by atoms with Gasteiger partial charge >= 0.3 is 0 Å². The molecule has 0 aliphatic heterocycles. The van der Waals surface area contributed by atoms with Crippen LogP contribution in [-0.2, 0) is 7.05 Å². The average Bonchev–Trinajstić information content (AvgIpc) is 2.34. The number of aryl methyl sites for hydroxylation is 1. The minimum Gasteiger partial charge on any atom is -0.287 e. The van der Waals surface area contributed by atoms with E-state index in [0.717, 1.165) is 0 Å². The van der Waals surface area contributed by atoms with Gasteiger partial charge in [-0.2, -0.15) is 5.10 Å². The van der Waals surface area contributed by atoms with Gasteiger partial charge in [0.05, 0.1) is 0 Å². The Kier molecular flexibility index (Phi) is 1.67. The third-order valence-corrected chi connectivity index (χ3v) is 1.15. The fourth-order valence-electron chi connectivity index (χ4n) is 0.651. The Hall–Kier alpha value is -1.38. The van der Waals surface area contributed by atoms with Crippen molar-refractivity contribution < 1.29 is 4.79 Å². The molecule has 3 nitrogen and oxygen atoms in total. The first-order valence-corrected chi connectivity index (χ1v) is 2.90. The Balaban J connectivity index is 2.95. The summed E-state index contributed by atoms with van der Waals surface area (Å²) >= 11 is 0. The largest absolute Gasteiger partial charge is 0.287 e. The summed E-state index contributed by atoms with van der Waals surface area (Å²) < 4.78 is 1.58. The van der Waals surface area contributed by atoms with E-state index in [9.17, 15) is 4.79 Å². The Morgan fingerprint density at radius 1 is 1.90 bits per heavy atom. The molecular weight excluding hydrogens is 128 g/mol. The Labute approximate surface area is 59.0 Å². The molecule has 0 N–H and O–H groups in total. The third kappa shape index (κ3) is 1.13. The fraction of sp³-hybridized carbons (Fsp3) is 0.143. The summed E-state index contributed by atoms with van der Waals surface area (Å²) in [5, 5.41) is 3.88. The highest BCUT2D eigenvalue weighted by molar-refractivity contribution is 6.02. The maximum atomic E-state index is 10.8. The molecule has 0 unspecified atom stereocenters. The third-order valence-electron chi connectivity index (χ3n) is 1.15. The van der Waals surface area contributed by atoms with Crippen molar-refractivity contribution in [2.75, 3.05) is 0 Å². The molecule has 3 heteroatoms. The maximum Gasteiger partial charge on any atom is 0.205 e. The molecule has 0 aliphatic carbocycles. The SMILES string of the molecule is C=CC(=O)c1ccn(C)n1. The molecule has 52 valence electrons. The van der Waals surface area contributed by atoms with Gasteiger partial charge in [-0.1, -0.05) is 6.58 Å². The zero-order valence-corrected chi connectivity index (χ0v) is 5.74. The van der Waals surface area contributed by atoms with Gasteiger partial charge in [0, 0.05) is 13.2 Å². The first-order valence-electron chi connectivity index (χ1n) is 2.90. The molecule has 10 heavy (non-hydrogen) atoms. The Morgan fingerprint density at radius 2 is 2.60 bits per heavy atom. The topological polar surface area (TPSA) is 34.9 Å². The van der Waals surface area contributed by atoms with Gasteiger partial charge in [0.2, 0.25) is 5.78 Å². The second-order valence-electron chi connectivity index (χ2n) is 1.94. The fourth-order valence-corrected chi connectivity index (χ4v) is 0.651. The molecule has 0 saturated carbocycles. The molecule has 0 radical (unpaired) electrons. The van der Waals surface area contributed by atoms with Crippen LogP contribution in [0.15, 0.2) is 24.9 Å². The van der Waals surface area contributed by atoms with E-state index in [1.54, 1.807) is 24.0 Å². The number of allylic oxidation sites excluding steroid dienone is 1. The van der Waals surface area contributed by atoms with Crippen LogP contribution in [0.4, 0.5) is 0 Å².